The van der Waals surface area contributed by atoms with Crippen LogP contribution in [0.5, 0.6) is 0 Å². The monoisotopic (exact) mass is 343 g/mol. The lowest BCUT2D eigenvalue weighted by atomic mass is 9.96. The van der Waals surface area contributed by atoms with Gasteiger partial charge in [0.05, 0.1) is 0 Å². The van der Waals surface area contributed by atoms with Gasteiger partial charge in [-0.05, 0) is 13.3 Å². The maximum absolute atomic E-state index is 12.2. The predicted octanol–water partition coefficient (Wildman–Crippen LogP) is 0.367. The molecule has 0 aliphatic heterocycles. The summed E-state index contributed by atoms with van der Waals surface area (Å²) >= 11 is 0. The maximum atomic E-state index is 12.2. The van der Waals surface area contributed by atoms with Gasteiger partial charge in [-0.15, -0.1) is 0 Å². The smallest absolute Gasteiger partial charge is 0.326 e. The number of carbonyl (C=O) groups is 4. The first-order valence-corrected chi connectivity index (χ1v) is 8.01. The van der Waals surface area contributed by atoms with E-state index < -0.39 is 17.4 Å². The number of carbonyl (C=O) groups excluding carboxylic acids is 3. The van der Waals surface area contributed by atoms with Crippen LogP contribution in [-0.4, -0.2) is 59.4 Å². The van der Waals surface area contributed by atoms with Crippen LogP contribution in [0.25, 0.3) is 0 Å². The number of hydrogen-bond donors (Lipinski definition) is 3. The normalized spacial score (nSPS) is 12.2. The van der Waals surface area contributed by atoms with Crippen molar-refractivity contribution in [2.45, 2.75) is 53.5 Å². The molecule has 24 heavy (non-hydrogen) atoms. The average molecular weight is 343 g/mol. The molecule has 0 aliphatic rings. The van der Waals surface area contributed by atoms with Crippen molar-refractivity contribution < 1.29 is 24.3 Å². The minimum Gasteiger partial charge on any atom is -0.480 e. The van der Waals surface area contributed by atoms with Gasteiger partial charge in [0, 0.05) is 38.4 Å². The molecular weight excluding hydrogens is 314 g/mol. The zero-order valence-corrected chi connectivity index (χ0v) is 15.1. The Morgan fingerprint density at radius 1 is 1.08 bits per heavy atom. The van der Waals surface area contributed by atoms with Crippen molar-refractivity contribution in [1.82, 2.24) is 15.5 Å². The van der Waals surface area contributed by atoms with Crippen molar-refractivity contribution in [2.75, 3.05) is 19.6 Å². The van der Waals surface area contributed by atoms with Gasteiger partial charge in [-0.2, -0.15) is 0 Å². The van der Waals surface area contributed by atoms with Crippen LogP contribution in [0.3, 0.4) is 0 Å². The third kappa shape index (κ3) is 8.50. The van der Waals surface area contributed by atoms with E-state index in [0.717, 1.165) is 0 Å². The molecule has 0 aromatic carbocycles. The molecule has 0 aromatic heterocycles. The van der Waals surface area contributed by atoms with Crippen molar-refractivity contribution in [1.29, 1.82) is 0 Å². The molecule has 0 radical (unpaired) electrons. The molecule has 0 saturated carbocycles. The highest BCUT2D eigenvalue weighted by Crippen LogP contribution is 2.12. The molecule has 0 rings (SSSR count). The summed E-state index contributed by atoms with van der Waals surface area (Å²) in [4.78, 5) is 47.2. The summed E-state index contributed by atoms with van der Waals surface area (Å²) in [7, 11) is 0. The van der Waals surface area contributed by atoms with Gasteiger partial charge < -0.3 is 20.6 Å². The molecule has 0 aliphatic carbocycles. The van der Waals surface area contributed by atoms with E-state index in [1.807, 2.05) is 0 Å². The summed E-state index contributed by atoms with van der Waals surface area (Å²) in [5.74, 6) is -1.76. The maximum Gasteiger partial charge on any atom is 0.326 e. The predicted molar refractivity (Wildman–Crippen MR) is 89.2 cm³/mol. The number of rotatable bonds is 9. The summed E-state index contributed by atoms with van der Waals surface area (Å²) in [6.45, 7) is 8.84. The molecule has 8 nitrogen and oxygen atoms in total. The Morgan fingerprint density at radius 2 is 1.67 bits per heavy atom. The quantitative estimate of drug-likeness (QED) is 0.523. The molecule has 0 fully saturated rings. The zero-order valence-electron chi connectivity index (χ0n) is 15.1. The van der Waals surface area contributed by atoms with Crippen LogP contribution < -0.4 is 10.6 Å². The molecule has 0 saturated heterocycles. The minimum atomic E-state index is -1.10. The third-order valence-electron chi connectivity index (χ3n) is 3.41. The summed E-state index contributed by atoms with van der Waals surface area (Å²) in [6, 6.07) is -0.976. The first-order valence-electron chi connectivity index (χ1n) is 8.01. The number of nitrogens with one attached hydrogen (secondary N) is 2. The minimum absolute atomic E-state index is 0.101. The van der Waals surface area contributed by atoms with Gasteiger partial charge in [-0.25, -0.2) is 4.79 Å². The van der Waals surface area contributed by atoms with Gasteiger partial charge in [0.2, 0.25) is 17.7 Å². The fourth-order valence-corrected chi connectivity index (χ4v) is 1.87. The highest BCUT2D eigenvalue weighted by atomic mass is 16.4. The summed E-state index contributed by atoms with van der Waals surface area (Å²) in [5, 5.41) is 14.4. The Kier molecular flexibility index (Phi) is 9.02. The Balaban J connectivity index is 4.46. The highest BCUT2D eigenvalue weighted by Gasteiger charge is 2.25. The van der Waals surface area contributed by atoms with Crippen LogP contribution in [0.15, 0.2) is 0 Å². The molecule has 138 valence electrons. The van der Waals surface area contributed by atoms with Crippen LogP contribution in [0, 0.1) is 5.41 Å². The van der Waals surface area contributed by atoms with Crippen LogP contribution in [0.2, 0.25) is 0 Å². The van der Waals surface area contributed by atoms with Crippen molar-refractivity contribution in [2.24, 2.45) is 5.41 Å². The molecule has 3 N–H and O–H groups in total. The van der Waals surface area contributed by atoms with Crippen molar-refractivity contribution in [3.63, 3.8) is 0 Å². The van der Waals surface area contributed by atoms with Crippen LogP contribution in [0.1, 0.15) is 47.5 Å². The molecule has 1 unspecified atom stereocenters. The third-order valence-corrected chi connectivity index (χ3v) is 3.41. The second-order valence-corrected chi connectivity index (χ2v) is 6.69. The van der Waals surface area contributed by atoms with Crippen LogP contribution in [0.4, 0.5) is 0 Å². The average Bonchev–Trinajstić information content (AvgIpc) is 2.45. The second kappa shape index (κ2) is 9.89. The molecule has 0 heterocycles. The van der Waals surface area contributed by atoms with E-state index in [-0.39, 0.29) is 37.2 Å². The Hall–Kier alpha value is -2.12. The summed E-state index contributed by atoms with van der Waals surface area (Å²) in [5.41, 5.74) is -0.494. The molecule has 8 heteroatoms. The SMILES string of the molecule is CC(=O)NCCN(C(=O)CCCNC(=O)C(C)(C)C)C(C)C(=O)O. The van der Waals surface area contributed by atoms with Gasteiger partial charge >= 0.3 is 5.97 Å². The number of hydrogen-bond acceptors (Lipinski definition) is 4. The molecular formula is C16H29N3O5. The van der Waals surface area contributed by atoms with E-state index in [9.17, 15) is 19.2 Å². The fraction of sp³-hybridized carbons (Fsp3) is 0.750. The van der Waals surface area contributed by atoms with Gasteiger partial charge in [0.25, 0.3) is 0 Å². The Labute approximate surface area is 143 Å². The fourth-order valence-electron chi connectivity index (χ4n) is 1.87. The number of nitrogens with zero attached hydrogens (tertiary/aromatic N) is 1. The molecule has 0 bridgehead atoms. The van der Waals surface area contributed by atoms with Crippen molar-refractivity contribution in [3.05, 3.63) is 0 Å². The lowest BCUT2D eigenvalue weighted by molar-refractivity contribution is -0.149. The Bertz CT molecular complexity index is 471. The summed E-state index contributed by atoms with van der Waals surface area (Å²) < 4.78 is 0. The molecule has 0 spiro atoms. The number of aliphatic carboxylic acids is 1. The first kappa shape index (κ1) is 21.9. The molecule has 0 aromatic rings. The largest absolute Gasteiger partial charge is 0.480 e. The number of amides is 3. The van der Waals surface area contributed by atoms with E-state index in [0.29, 0.717) is 13.0 Å². The van der Waals surface area contributed by atoms with Crippen LogP contribution >= 0.6 is 0 Å². The number of carboxylic acid groups (broad SMARTS) is 1. The highest BCUT2D eigenvalue weighted by molar-refractivity contribution is 5.84. The van der Waals surface area contributed by atoms with Gasteiger partial charge in [-0.1, -0.05) is 20.8 Å². The van der Waals surface area contributed by atoms with Gasteiger partial charge in [0.15, 0.2) is 0 Å². The zero-order chi connectivity index (χ0) is 18.9. The van der Waals surface area contributed by atoms with Crippen molar-refractivity contribution >= 4 is 23.7 Å². The van der Waals surface area contributed by atoms with Gasteiger partial charge in [-0.3, -0.25) is 14.4 Å². The molecule has 1 atom stereocenters. The van der Waals surface area contributed by atoms with Crippen LogP contribution in [-0.2, 0) is 19.2 Å². The van der Waals surface area contributed by atoms with Crippen molar-refractivity contribution in [3.8, 4) is 0 Å². The van der Waals surface area contributed by atoms with E-state index >= 15 is 0 Å². The molecule has 3 amide bonds. The number of carboxylic acids is 1. The van der Waals surface area contributed by atoms with E-state index in [4.69, 9.17) is 5.11 Å². The second-order valence-electron chi connectivity index (χ2n) is 6.69. The standard InChI is InChI=1S/C16H29N3O5/c1-11(14(22)23)19(10-9-17-12(2)20)13(21)7-6-8-18-15(24)16(3,4)5/h11H,6-10H2,1-5H3,(H,17,20)(H,18,24)(H,22,23). The van der Waals surface area contributed by atoms with E-state index in [1.165, 1.54) is 18.7 Å². The summed E-state index contributed by atoms with van der Waals surface area (Å²) in [6.07, 6.45) is 0.547. The lowest BCUT2D eigenvalue weighted by Gasteiger charge is -2.26. The van der Waals surface area contributed by atoms with E-state index in [1.54, 1.807) is 20.8 Å². The topological polar surface area (TPSA) is 116 Å². The Morgan fingerprint density at radius 3 is 2.12 bits per heavy atom. The lowest BCUT2D eigenvalue weighted by Crippen LogP contribution is -2.46. The van der Waals surface area contributed by atoms with Gasteiger partial charge in [0.1, 0.15) is 6.04 Å². The first-order chi connectivity index (χ1) is 11.0. The van der Waals surface area contributed by atoms with E-state index in [2.05, 4.69) is 10.6 Å².